The molecule has 3 N–H and O–H groups in total. The van der Waals surface area contributed by atoms with Gasteiger partial charge in [0.1, 0.15) is 0 Å². The van der Waals surface area contributed by atoms with Crippen molar-refractivity contribution in [2.75, 3.05) is 11.9 Å². The number of nitrogens with two attached hydrogens (primary N) is 1. The minimum atomic E-state index is -0.303. The van der Waals surface area contributed by atoms with Crippen molar-refractivity contribution in [3.05, 3.63) is 24.4 Å². The lowest BCUT2D eigenvalue weighted by Crippen LogP contribution is -2.39. The van der Waals surface area contributed by atoms with Crippen LogP contribution in [0, 0.1) is 5.92 Å². The van der Waals surface area contributed by atoms with Crippen molar-refractivity contribution in [1.29, 1.82) is 0 Å². The largest absolute Gasteiger partial charge is 0.478 e. The quantitative estimate of drug-likeness (QED) is 0.776. The fraction of sp³-hybridized carbons (Fsp3) is 0.462. The van der Waals surface area contributed by atoms with Gasteiger partial charge in [0.15, 0.2) is 0 Å². The van der Waals surface area contributed by atoms with Gasteiger partial charge in [-0.3, -0.25) is 4.79 Å². The highest BCUT2D eigenvalue weighted by Crippen LogP contribution is 2.22. The van der Waals surface area contributed by atoms with E-state index in [1.54, 1.807) is 12.3 Å². The SMILES string of the molecule is CCOc1ccnc(N[C@@H]2CC=CC[C@H]2C(N)=O)n1. The number of aromatic nitrogens is 2. The molecule has 0 bridgehead atoms. The lowest BCUT2D eigenvalue weighted by Gasteiger charge is -2.26. The molecule has 6 heteroatoms. The van der Waals surface area contributed by atoms with Crippen LogP contribution in [0.5, 0.6) is 5.88 Å². The van der Waals surface area contributed by atoms with Gasteiger partial charge in [-0.15, -0.1) is 0 Å². The van der Waals surface area contributed by atoms with Gasteiger partial charge in [0.25, 0.3) is 0 Å². The first-order valence-corrected chi connectivity index (χ1v) is 6.37. The van der Waals surface area contributed by atoms with Gasteiger partial charge in [-0.1, -0.05) is 12.2 Å². The lowest BCUT2D eigenvalue weighted by atomic mass is 9.88. The molecule has 0 aliphatic heterocycles. The number of allylic oxidation sites excluding steroid dienone is 1. The van der Waals surface area contributed by atoms with E-state index in [1.807, 2.05) is 19.1 Å². The molecule has 1 aliphatic carbocycles. The van der Waals surface area contributed by atoms with Gasteiger partial charge in [0, 0.05) is 18.3 Å². The van der Waals surface area contributed by atoms with Crippen molar-refractivity contribution >= 4 is 11.9 Å². The van der Waals surface area contributed by atoms with Crippen molar-refractivity contribution in [3.63, 3.8) is 0 Å². The van der Waals surface area contributed by atoms with E-state index in [4.69, 9.17) is 10.5 Å². The number of ether oxygens (including phenoxy) is 1. The topological polar surface area (TPSA) is 90.1 Å². The van der Waals surface area contributed by atoms with Crippen LogP contribution in [0.15, 0.2) is 24.4 Å². The number of hydrogen-bond donors (Lipinski definition) is 2. The van der Waals surface area contributed by atoms with E-state index in [1.165, 1.54) is 0 Å². The number of carbonyl (C=O) groups excluding carboxylic acids is 1. The Morgan fingerprint density at radius 2 is 2.32 bits per heavy atom. The Hall–Kier alpha value is -2.11. The number of primary amides is 1. The number of rotatable bonds is 5. The average molecular weight is 262 g/mol. The van der Waals surface area contributed by atoms with Gasteiger partial charge < -0.3 is 15.8 Å². The van der Waals surface area contributed by atoms with Crippen molar-refractivity contribution in [2.45, 2.75) is 25.8 Å². The van der Waals surface area contributed by atoms with Crippen LogP contribution in [-0.4, -0.2) is 28.5 Å². The van der Waals surface area contributed by atoms with E-state index in [0.717, 1.165) is 6.42 Å². The Morgan fingerprint density at radius 3 is 3.05 bits per heavy atom. The summed E-state index contributed by atoms with van der Waals surface area (Å²) in [6.07, 6.45) is 7.01. The molecular weight excluding hydrogens is 244 g/mol. The van der Waals surface area contributed by atoms with Crippen LogP contribution < -0.4 is 15.8 Å². The van der Waals surface area contributed by atoms with Gasteiger partial charge in [0.2, 0.25) is 17.7 Å². The van der Waals surface area contributed by atoms with Gasteiger partial charge >= 0.3 is 0 Å². The second-order valence-electron chi connectivity index (χ2n) is 4.35. The summed E-state index contributed by atoms with van der Waals surface area (Å²) >= 11 is 0. The highest BCUT2D eigenvalue weighted by Gasteiger charge is 2.27. The maximum atomic E-state index is 11.4. The van der Waals surface area contributed by atoms with E-state index in [9.17, 15) is 4.79 Å². The molecule has 0 unspecified atom stereocenters. The van der Waals surface area contributed by atoms with Crippen molar-refractivity contribution < 1.29 is 9.53 Å². The van der Waals surface area contributed by atoms with Gasteiger partial charge in [-0.25, -0.2) is 4.98 Å². The van der Waals surface area contributed by atoms with Crippen LogP contribution in [-0.2, 0) is 4.79 Å². The first kappa shape index (κ1) is 13.3. The van der Waals surface area contributed by atoms with Crippen LogP contribution in [0.3, 0.4) is 0 Å². The van der Waals surface area contributed by atoms with E-state index in [0.29, 0.717) is 24.9 Å². The summed E-state index contributed by atoms with van der Waals surface area (Å²) in [5.41, 5.74) is 5.41. The third-order valence-electron chi connectivity index (χ3n) is 3.03. The Kier molecular flexibility index (Phi) is 4.33. The Balaban J connectivity index is 2.08. The maximum Gasteiger partial charge on any atom is 0.226 e. The van der Waals surface area contributed by atoms with E-state index < -0.39 is 0 Å². The van der Waals surface area contributed by atoms with Crippen molar-refractivity contribution in [1.82, 2.24) is 9.97 Å². The Bertz CT molecular complexity index is 475. The summed E-state index contributed by atoms with van der Waals surface area (Å²) < 4.78 is 5.31. The number of nitrogens with one attached hydrogen (secondary N) is 1. The van der Waals surface area contributed by atoms with Gasteiger partial charge in [-0.2, -0.15) is 4.98 Å². The number of nitrogens with zero attached hydrogens (tertiary/aromatic N) is 2. The number of anilines is 1. The van der Waals surface area contributed by atoms with Crippen LogP contribution >= 0.6 is 0 Å². The van der Waals surface area contributed by atoms with Crippen LogP contribution in [0.25, 0.3) is 0 Å². The molecule has 1 heterocycles. The summed E-state index contributed by atoms with van der Waals surface area (Å²) in [7, 11) is 0. The van der Waals surface area contributed by atoms with Crippen molar-refractivity contribution in [3.8, 4) is 5.88 Å². The molecule has 0 saturated heterocycles. The normalized spacial score (nSPS) is 21.9. The number of amides is 1. The number of carbonyl (C=O) groups is 1. The van der Waals surface area contributed by atoms with Crippen LogP contribution in [0.1, 0.15) is 19.8 Å². The molecule has 19 heavy (non-hydrogen) atoms. The first-order chi connectivity index (χ1) is 9.20. The predicted octanol–water partition coefficient (Wildman–Crippen LogP) is 1.11. The minimum Gasteiger partial charge on any atom is -0.478 e. The zero-order valence-corrected chi connectivity index (χ0v) is 10.9. The highest BCUT2D eigenvalue weighted by atomic mass is 16.5. The molecule has 2 atom stereocenters. The summed E-state index contributed by atoms with van der Waals surface area (Å²) in [6.45, 7) is 2.44. The summed E-state index contributed by atoms with van der Waals surface area (Å²) in [6, 6.07) is 1.63. The Morgan fingerprint density at radius 1 is 1.53 bits per heavy atom. The fourth-order valence-electron chi connectivity index (χ4n) is 2.09. The molecule has 1 aromatic rings. The van der Waals surface area contributed by atoms with Crippen LogP contribution in [0.2, 0.25) is 0 Å². The first-order valence-electron chi connectivity index (χ1n) is 6.37. The maximum absolute atomic E-state index is 11.4. The molecule has 0 aromatic carbocycles. The molecule has 1 amide bonds. The molecular formula is C13H18N4O2. The second-order valence-corrected chi connectivity index (χ2v) is 4.35. The monoisotopic (exact) mass is 262 g/mol. The molecule has 1 aliphatic rings. The zero-order chi connectivity index (χ0) is 13.7. The summed E-state index contributed by atoms with van der Waals surface area (Å²) in [4.78, 5) is 19.8. The summed E-state index contributed by atoms with van der Waals surface area (Å²) in [5, 5.41) is 3.16. The smallest absolute Gasteiger partial charge is 0.226 e. The third-order valence-corrected chi connectivity index (χ3v) is 3.03. The molecule has 0 spiro atoms. The van der Waals surface area contributed by atoms with Gasteiger partial charge in [0.05, 0.1) is 12.5 Å². The molecule has 6 nitrogen and oxygen atoms in total. The number of hydrogen-bond acceptors (Lipinski definition) is 5. The zero-order valence-electron chi connectivity index (χ0n) is 10.9. The van der Waals surface area contributed by atoms with E-state index >= 15 is 0 Å². The molecule has 0 radical (unpaired) electrons. The molecule has 102 valence electrons. The van der Waals surface area contributed by atoms with Crippen LogP contribution in [0.4, 0.5) is 5.95 Å². The van der Waals surface area contributed by atoms with Gasteiger partial charge in [-0.05, 0) is 19.8 Å². The van der Waals surface area contributed by atoms with Crippen molar-refractivity contribution in [2.24, 2.45) is 11.7 Å². The standard InChI is InChI=1S/C13H18N4O2/c1-2-19-11-7-8-15-13(17-11)16-10-6-4-3-5-9(10)12(14)18/h3-4,7-10H,2,5-6H2,1H3,(H2,14,18)(H,15,16,17)/t9-,10-/m1/s1. The third kappa shape index (κ3) is 3.43. The summed E-state index contributed by atoms with van der Waals surface area (Å²) in [5.74, 6) is 0.437. The molecule has 0 saturated carbocycles. The van der Waals surface area contributed by atoms with E-state index in [-0.39, 0.29) is 17.9 Å². The second kappa shape index (κ2) is 6.17. The minimum absolute atomic E-state index is 0.0700. The fourth-order valence-corrected chi connectivity index (χ4v) is 2.09. The lowest BCUT2D eigenvalue weighted by molar-refractivity contribution is -0.122. The average Bonchev–Trinajstić information content (AvgIpc) is 2.40. The molecule has 1 aromatic heterocycles. The molecule has 0 fully saturated rings. The highest BCUT2D eigenvalue weighted by molar-refractivity contribution is 5.78. The van der Waals surface area contributed by atoms with E-state index in [2.05, 4.69) is 15.3 Å². The Labute approximate surface area is 112 Å². The predicted molar refractivity (Wildman–Crippen MR) is 71.7 cm³/mol. The molecule has 2 rings (SSSR count).